The Kier molecular flexibility index (Phi) is 5.30. The van der Waals surface area contributed by atoms with Gasteiger partial charge in [-0.25, -0.2) is 0 Å². The van der Waals surface area contributed by atoms with Gasteiger partial charge in [-0.05, 0) is 42.5 Å². The number of aliphatic hydroxyl groups is 1. The van der Waals surface area contributed by atoms with Crippen molar-refractivity contribution in [3.05, 3.63) is 34.3 Å². The maximum Gasteiger partial charge on any atom is 0.0795 e. The summed E-state index contributed by atoms with van der Waals surface area (Å²) < 4.78 is 0. The van der Waals surface area contributed by atoms with Gasteiger partial charge in [0.05, 0.1) is 6.10 Å². The lowest BCUT2D eigenvalue weighted by molar-refractivity contribution is 0.140. The highest BCUT2D eigenvalue weighted by molar-refractivity contribution is 6.30. The molecule has 1 unspecified atom stereocenters. The summed E-state index contributed by atoms with van der Waals surface area (Å²) in [6.45, 7) is 6.35. The van der Waals surface area contributed by atoms with Crippen LogP contribution in [0.3, 0.4) is 0 Å². The molecule has 0 bridgehead atoms. The average molecular weight is 241 g/mol. The lowest BCUT2D eigenvalue weighted by atomic mass is 9.91. The Morgan fingerprint density at radius 2 is 1.88 bits per heavy atom. The first-order valence-electron chi connectivity index (χ1n) is 6.02. The third-order valence-corrected chi connectivity index (χ3v) is 3.54. The van der Waals surface area contributed by atoms with Gasteiger partial charge >= 0.3 is 0 Å². The van der Waals surface area contributed by atoms with Crippen molar-refractivity contribution in [2.75, 3.05) is 0 Å². The first-order valence-corrected chi connectivity index (χ1v) is 6.40. The molecule has 0 heterocycles. The van der Waals surface area contributed by atoms with Gasteiger partial charge in [0, 0.05) is 5.02 Å². The van der Waals surface area contributed by atoms with Crippen LogP contribution >= 0.6 is 11.6 Å². The summed E-state index contributed by atoms with van der Waals surface area (Å²) in [5.74, 6) is 0.602. The van der Waals surface area contributed by atoms with Crippen molar-refractivity contribution < 1.29 is 5.11 Å². The maximum absolute atomic E-state index is 10.2. The Morgan fingerprint density at radius 3 is 2.38 bits per heavy atom. The van der Waals surface area contributed by atoms with Crippen molar-refractivity contribution in [2.45, 2.75) is 46.1 Å². The zero-order valence-corrected chi connectivity index (χ0v) is 11.1. The maximum atomic E-state index is 10.2. The summed E-state index contributed by atoms with van der Waals surface area (Å²) in [5.41, 5.74) is 2.09. The van der Waals surface area contributed by atoms with Gasteiger partial charge in [-0.15, -0.1) is 0 Å². The van der Waals surface area contributed by atoms with Crippen molar-refractivity contribution in [3.63, 3.8) is 0 Å². The number of benzene rings is 1. The summed E-state index contributed by atoms with van der Waals surface area (Å²) in [4.78, 5) is 0. The van der Waals surface area contributed by atoms with E-state index in [-0.39, 0.29) is 6.10 Å². The monoisotopic (exact) mass is 240 g/mol. The van der Waals surface area contributed by atoms with Gasteiger partial charge in [-0.3, -0.25) is 0 Å². The van der Waals surface area contributed by atoms with Gasteiger partial charge in [0.15, 0.2) is 0 Å². The van der Waals surface area contributed by atoms with E-state index in [1.54, 1.807) is 0 Å². The lowest BCUT2D eigenvalue weighted by Gasteiger charge is -2.19. The first-order chi connectivity index (χ1) is 7.58. The van der Waals surface area contributed by atoms with Crippen LogP contribution in [0.2, 0.25) is 5.02 Å². The second-order valence-electron chi connectivity index (χ2n) is 4.43. The summed E-state index contributed by atoms with van der Waals surface area (Å²) in [6.07, 6.45) is 2.73. The fourth-order valence-corrected chi connectivity index (χ4v) is 2.30. The normalized spacial score (nSPS) is 13.1. The van der Waals surface area contributed by atoms with E-state index in [1.165, 1.54) is 0 Å². The van der Waals surface area contributed by atoms with Crippen molar-refractivity contribution in [2.24, 2.45) is 5.92 Å². The molecule has 0 saturated carbocycles. The number of aliphatic hydroxyl groups excluding tert-OH is 1. The molecule has 0 aliphatic rings. The molecule has 0 saturated heterocycles. The predicted octanol–water partition coefficient (Wildman–Crippen LogP) is 4.51. The Hall–Kier alpha value is -0.530. The molecule has 16 heavy (non-hydrogen) atoms. The van der Waals surface area contributed by atoms with Gasteiger partial charge in [0.1, 0.15) is 0 Å². The minimum Gasteiger partial charge on any atom is -0.388 e. The molecule has 0 aliphatic carbocycles. The quantitative estimate of drug-likeness (QED) is 0.803. The largest absolute Gasteiger partial charge is 0.388 e. The van der Waals surface area contributed by atoms with E-state index in [1.807, 2.05) is 25.1 Å². The van der Waals surface area contributed by atoms with E-state index in [9.17, 15) is 5.11 Å². The molecule has 0 aliphatic heterocycles. The topological polar surface area (TPSA) is 20.2 Å². The van der Waals surface area contributed by atoms with Crippen molar-refractivity contribution in [1.82, 2.24) is 0 Å². The van der Waals surface area contributed by atoms with E-state index in [0.29, 0.717) is 5.92 Å². The molecule has 1 nitrogen and oxygen atoms in total. The SMILES string of the molecule is CCC(CC)CC(O)c1ccc(Cl)cc1C. The molecule has 0 radical (unpaired) electrons. The summed E-state index contributed by atoms with van der Waals surface area (Å²) >= 11 is 5.90. The van der Waals surface area contributed by atoms with Crippen molar-refractivity contribution >= 4 is 11.6 Å². The Bertz CT molecular complexity index is 332. The average Bonchev–Trinajstić information content (AvgIpc) is 2.25. The minimum atomic E-state index is -0.359. The van der Waals surface area contributed by atoms with Crippen LogP contribution in [-0.4, -0.2) is 5.11 Å². The fourth-order valence-electron chi connectivity index (χ4n) is 2.08. The van der Waals surface area contributed by atoms with E-state index in [2.05, 4.69) is 13.8 Å². The van der Waals surface area contributed by atoms with Gasteiger partial charge in [-0.1, -0.05) is 44.4 Å². The Morgan fingerprint density at radius 1 is 1.25 bits per heavy atom. The van der Waals surface area contributed by atoms with Crippen molar-refractivity contribution in [1.29, 1.82) is 0 Å². The highest BCUT2D eigenvalue weighted by atomic mass is 35.5. The minimum absolute atomic E-state index is 0.359. The number of hydrogen-bond donors (Lipinski definition) is 1. The van der Waals surface area contributed by atoms with Crippen LogP contribution in [0.15, 0.2) is 18.2 Å². The number of rotatable bonds is 5. The first kappa shape index (κ1) is 13.5. The molecule has 0 aromatic heterocycles. The van der Waals surface area contributed by atoms with Gasteiger partial charge < -0.3 is 5.11 Å². The molecular formula is C14H21ClO. The molecule has 1 rings (SSSR count). The van der Waals surface area contributed by atoms with Crippen molar-refractivity contribution in [3.8, 4) is 0 Å². The van der Waals surface area contributed by atoms with E-state index in [0.717, 1.165) is 35.4 Å². The number of halogens is 1. The molecule has 0 fully saturated rings. The van der Waals surface area contributed by atoms with Gasteiger partial charge in [0.25, 0.3) is 0 Å². The van der Waals surface area contributed by atoms with Crippen LogP contribution in [0, 0.1) is 12.8 Å². The lowest BCUT2D eigenvalue weighted by Crippen LogP contribution is -2.07. The molecule has 1 aromatic carbocycles. The Labute approximate surface area is 103 Å². The highest BCUT2D eigenvalue weighted by Crippen LogP contribution is 2.28. The molecule has 90 valence electrons. The van der Waals surface area contributed by atoms with Crippen LogP contribution < -0.4 is 0 Å². The summed E-state index contributed by atoms with van der Waals surface area (Å²) in [5, 5.41) is 10.9. The van der Waals surface area contributed by atoms with Crippen LogP contribution in [0.1, 0.15) is 50.3 Å². The molecule has 1 N–H and O–H groups in total. The molecule has 2 heteroatoms. The van der Waals surface area contributed by atoms with Crippen LogP contribution in [0.4, 0.5) is 0 Å². The molecule has 1 atom stereocenters. The standard InChI is InChI=1S/C14H21ClO/c1-4-11(5-2)9-14(16)13-7-6-12(15)8-10(13)3/h6-8,11,14,16H,4-5,9H2,1-3H3. The number of hydrogen-bond acceptors (Lipinski definition) is 1. The van der Waals surface area contributed by atoms with E-state index in [4.69, 9.17) is 11.6 Å². The fraction of sp³-hybridized carbons (Fsp3) is 0.571. The Balaban J connectivity index is 2.76. The van der Waals surface area contributed by atoms with E-state index >= 15 is 0 Å². The zero-order chi connectivity index (χ0) is 12.1. The van der Waals surface area contributed by atoms with Gasteiger partial charge in [0.2, 0.25) is 0 Å². The number of aryl methyl sites for hydroxylation is 1. The third kappa shape index (κ3) is 3.50. The predicted molar refractivity (Wildman–Crippen MR) is 69.8 cm³/mol. The zero-order valence-electron chi connectivity index (χ0n) is 10.3. The molecule has 0 spiro atoms. The van der Waals surface area contributed by atoms with Gasteiger partial charge in [-0.2, -0.15) is 0 Å². The van der Waals surface area contributed by atoms with Crippen LogP contribution in [0.5, 0.6) is 0 Å². The van der Waals surface area contributed by atoms with Crippen LogP contribution in [-0.2, 0) is 0 Å². The molecular weight excluding hydrogens is 220 g/mol. The smallest absolute Gasteiger partial charge is 0.0795 e. The second kappa shape index (κ2) is 6.27. The third-order valence-electron chi connectivity index (χ3n) is 3.30. The molecule has 0 amide bonds. The summed E-state index contributed by atoms with van der Waals surface area (Å²) in [7, 11) is 0. The summed E-state index contributed by atoms with van der Waals surface area (Å²) in [6, 6.07) is 5.69. The van der Waals surface area contributed by atoms with E-state index < -0.39 is 0 Å². The van der Waals surface area contributed by atoms with Crippen LogP contribution in [0.25, 0.3) is 0 Å². The highest BCUT2D eigenvalue weighted by Gasteiger charge is 2.15. The second-order valence-corrected chi connectivity index (χ2v) is 4.87. The molecule has 1 aromatic rings.